The summed E-state index contributed by atoms with van der Waals surface area (Å²) < 4.78 is 66.0. The lowest BCUT2D eigenvalue weighted by Gasteiger charge is -2.15. The molecule has 0 unspecified atom stereocenters. The quantitative estimate of drug-likeness (QED) is 0.249. The number of nitrogens with one attached hydrogen (secondary N) is 2. The van der Waals surface area contributed by atoms with Crippen LogP contribution in [0, 0.1) is 0 Å². The molecule has 0 amide bonds. The molecule has 0 atom stereocenters. The first kappa shape index (κ1) is 23.1. The van der Waals surface area contributed by atoms with Crippen LogP contribution >= 0.6 is 39.9 Å². The molecule has 1 aromatic rings. The normalized spacial score (nSPS) is 11.9. The van der Waals surface area contributed by atoms with Crippen LogP contribution in [0.15, 0.2) is 27.7 Å². The molecule has 0 spiro atoms. The summed E-state index contributed by atoms with van der Waals surface area (Å²) in [7, 11) is 1.39. The van der Waals surface area contributed by atoms with E-state index in [4.69, 9.17) is 0 Å². The maximum Gasteiger partial charge on any atom is 0.390 e. The van der Waals surface area contributed by atoms with Gasteiger partial charge in [-0.3, -0.25) is 4.99 Å². The van der Waals surface area contributed by atoms with E-state index in [1.54, 1.807) is 6.07 Å². The van der Waals surface area contributed by atoms with Crippen molar-refractivity contribution >= 4 is 45.9 Å². The lowest BCUT2D eigenvalue weighted by molar-refractivity contribution is -0.132. The molecule has 1 aromatic carbocycles. The number of hydrogen-bond acceptors (Lipinski definition) is 2. The molecule has 24 heavy (non-hydrogen) atoms. The number of hydrogen-bond donors (Lipinski definition) is 2. The zero-order valence-electron chi connectivity index (χ0n) is 12.5. The average Bonchev–Trinajstić information content (AvgIpc) is 2.43. The number of halogens is 7. The van der Waals surface area contributed by atoms with Crippen molar-refractivity contribution in [1.29, 1.82) is 0 Å². The van der Waals surface area contributed by atoms with Gasteiger partial charge in [0.25, 0.3) is 0 Å². The first-order valence-corrected chi connectivity index (χ1v) is 7.25. The van der Waals surface area contributed by atoms with Crippen molar-refractivity contribution in [3.8, 4) is 5.75 Å². The molecule has 0 fully saturated rings. The van der Waals surface area contributed by atoms with E-state index in [0.29, 0.717) is 10.0 Å². The molecule has 0 saturated heterocycles. The SMILES string of the molecule is CN=C(NCCC(F)(F)F)NCc1cc(Br)ccc1OC(F)F.I. The standard InChI is InChI=1S/C13H15BrF5N3O.HI/c1-20-12(21-5-4-13(17,18)19)22-7-8-6-9(14)2-3-10(8)23-11(15)16;/h2-3,6,11H,4-5,7H2,1H3,(H2,20,21,22);1H. The minimum Gasteiger partial charge on any atom is -0.434 e. The van der Waals surface area contributed by atoms with Crippen molar-refractivity contribution in [2.75, 3.05) is 13.6 Å². The molecule has 138 valence electrons. The Bertz CT molecular complexity index is 543. The Morgan fingerprint density at radius 1 is 1.29 bits per heavy atom. The van der Waals surface area contributed by atoms with Gasteiger partial charge in [-0.05, 0) is 18.2 Å². The van der Waals surface area contributed by atoms with E-state index in [9.17, 15) is 22.0 Å². The van der Waals surface area contributed by atoms with Crippen LogP contribution < -0.4 is 15.4 Å². The maximum atomic E-state index is 12.3. The Kier molecular flexibility index (Phi) is 10.5. The summed E-state index contributed by atoms with van der Waals surface area (Å²) in [4.78, 5) is 3.76. The molecule has 4 nitrogen and oxygen atoms in total. The van der Waals surface area contributed by atoms with Gasteiger partial charge in [0, 0.05) is 30.2 Å². The Balaban J connectivity index is 0.00000529. The van der Waals surface area contributed by atoms with Crippen LogP contribution in [0.5, 0.6) is 5.75 Å². The van der Waals surface area contributed by atoms with Crippen LogP contribution in [-0.2, 0) is 6.54 Å². The Hall–Kier alpha value is -0.850. The minimum absolute atomic E-state index is 0. The number of benzene rings is 1. The maximum absolute atomic E-state index is 12.3. The van der Waals surface area contributed by atoms with Crippen molar-refractivity contribution in [2.24, 2.45) is 4.99 Å². The third-order valence-electron chi connectivity index (χ3n) is 2.61. The summed E-state index contributed by atoms with van der Waals surface area (Å²) in [6.07, 6.45) is -5.28. The van der Waals surface area contributed by atoms with Gasteiger partial charge in [0.1, 0.15) is 5.75 Å². The zero-order valence-corrected chi connectivity index (χ0v) is 16.4. The van der Waals surface area contributed by atoms with Crippen LogP contribution in [0.4, 0.5) is 22.0 Å². The first-order chi connectivity index (χ1) is 10.7. The van der Waals surface area contributed by atoms with Gasteiger partial charge in [-0.2, -0.15) is 22.0 Å². The van der Waals surface area contributed by atoms with Gasteiger partial charge in [0.05, 0.1) is 6.42 Å². The van der Waals surface area contributed by atoms with E-state index in [2.05, 4.69) is 36.3 Å². The molecule has 0 radical (unpaired) electrons. The molecule has 2 N–H and O–H groups in total. The third kappa shape index (κ3) is 9.45. The molecular weight excluding hydrogens is 516 g/mol. The van der Waals surface area contributed by atoms with Gasteiger partial charge in [0.2, 0.25) is 0 Å². The number of alkyl halides is 5. The van der Waals surface area contributed by atoms with E-state index in [-0.39, 0.29) is 48.8 Å². The molecule has 1 rings (SSSR count). The van der Waals surface area contributed by atoms with E-state index in [1.807, 2.05) is 0 Å². The second-order valence-corrected chi connectivity index (χ2v) is 5.26. The largest absolute Gasteiger partial charge is 0.434 e. The van der Waals surface area contributed by atoms with Crippen molar-refractivity contribution in [1.82, 2.24) is 10.6 Å². The Morgan fingerprint density at radius 2 is 1.96 bits per heavy atom. The van der Waals surface area contributed by atoms with Crippen LogP contribution in [0.1, 0.15) is 12.0 Å². The highest BCUT2D eigenvalue weighted by atomic mass is 127. The Morgan fingerprint density at radius 3 is 2.50 bits per heavy atom. The number of guanidine groups is 1. The first-order valence-electron chi connectivity index (χ1n) is 6.46. The summed E-state index contributed by atoms with van der Waals surface area (Å²) in [6, 6.07) is 4.47. The van der Waals surface area contributed by atoms with E-state index in [0.717, 1.165) is 0 Å². The summed E-state index contributed by atoms with van der Waals surface area (Å²) in [5, 5.41) is 5.23. The van der Waals surface area contributed by atoms with Crippen LogP contribution in [0.3, 0.4) is 0 Å². The molecule has 11 heteroatoms. The molecule has 0 saturated carbocycles. The third-order valence-corrected chi connectivity index (χ3v) is 3.10. The van der Waals surface area contributed by atoms with E-state index < -0.39 is 19.2 Å². The molecule has 0 heterocycles. The molecule has 0 bridgehead atoms. The highest BCUT2D eigenvalue weighted by molar-refractivity contribution is 14.0. The van der Waals surface area contributed by atoms with Gasteiger partial charge in [-0.1, -0.05) is 15.9 Å². The monoisotopic (exact) mass is 531 g/mol. The van der Waals surface area contributed by atoms with Crippen LogP contribution in [0.25, 0.3) is 0 Å². The lowest BCUT2D eigenvalue weighted by Crippen LogP contribution is -2.38. The fourth-order valence-corrected chi connectivity index (χ4v) is 2.03. The fraction of sp³-hybridized carbons (Fsp3) is 0.462. The van der Waals surface area contributed by atoms with Gasteiger partial charge in [-0.25, -0.2) is 0 Å². The van der Waals surface area contributed by atoms with Crippen molar-refractivity contribution < 1.29 is 26.7 Å². The molecule has 0 aliphatic carbocycles. The topological polar surface area (TPSA) is 45.7 Å². The number of aliphatic imine (C=N–C) groups is 1. The fourth-order valence-electron chi connectivity index (χ4n) is 1.62. The average molecular weight is 532 g/mol. The molecule has 0 aliphatic heterocycles. The zero-order chi connectivity index (χ0) is 17.5. The van der Waals surface area contributed by atoms with Crippen molar-refractivity contribution in [3.63, 3.8) is 0 Å². The second kappa shape index (κ2) is 10.9. The smallest absolute Gasteiger partial charge is 0.390 e. The van der Waals surface area contributed by atoms with Crippen molar-refractivity contribution in [3.05, 3.63) is 28.2 Å². The number of nitrogens with zero attached hydrogens (tertiary/aromatic N) is 1. The number of rotatable bonds is 6. The van der Waals surface area contributed by atoms with Crippen LogP contribution in [-0.4, -0.2) is 32.3 Å². The summed E-state index contributed by atoms with van der Waals surface area (Å²) in [6.45, 7) is -3.27. The second-order valence-electron chi connectivity index (χ2n) is 4.35. The minimum atomic E-state index is -4.27. The summed E-state index contributed by atoms with van der Waals surface area (Å²) in [5.41, 5.74) is 0.401. The van der Waals surface area contributed by atoms with Gasteiger partial charge in [-0.15, -0.1) is 24.0 Å². The number of ether oxygens (including phenoxy) is 1. The van der Waals surface area contributed by atoms with Gasteiger partial charge in [0.15, 0.2) is 5.96 Å². The highest BCUT2D eigenvalue weighted by Gasteiger charge is 2.26. The van der Waals surface area contributed by atoms with E-state index in [1.165, 1.54) is 19.2 Å². The molecule has 0 aromatic heterocycles. The summed E-state index contributed by atoms with van der Waals surface area (Å²) >= 11 is 3.21. The predicted molar refractivity (Wildman–Crippen MR) is 95.1 cm³/mol. The Labute approximate surface area is 161 Å². The van der Waals surface area contributed by atoms with Gasteiger partial charge < -0.3 is 15.4 Å². The van der Waals surface area contributed by atoms with Crippen LogP contribution in [0.2, 0.25) is 0 Å². The van der Waals surface area contributed by atoms with E-state index >= 15 is 0 Å². The summed E-state index contributed by atoms with van der Waals surface area (Å²) in [5.74, 6) is 0.0960. The molecular formula is C13H16BrF5IN3O. The van der Waals surface area contributed by atoms with Crippen molar-refractivity contribution in [2.45, 2.75) is 25.8 Å². The predicted octanol–water partition coefficient (Wildman–Crippen LogP) is 4.29. The lowest BCUT2D eigenvalue weighted by atomic mass is 10.2. The molecule has 0 aliphatic rings. The highest BCUT2D eigenvalue weighted by Crippen LogP contribution is 2.24. The van der Waals surface area contributed by atoms with Gasteiger partial charge >= 0.3 is 12.8 Å².